The molecule has 0 unspecified atom stereocenters. The zero-order valence-electron chi connectivity index (χ0n) is 19.6. The molecule has 2 bridgehead atoms. The van der Waals surface area contributed by atoms with Crippen molar-refractivity contribution >= 4 is 35.1 Å². The minimum Gasteiger partial charge on any atom is -0.426 e. The largest absolute Gasteiger partial charge is 0.426 e. The highest BCUT2D eigenvalue weighted by Gasteiger charge is 2.59. The number of carbonyl (C=O) groups excluding carboxylic acids is 4. The van der Waals surface area contributed by atoms with Crippen LogP contribution < -0.4 is 14.5 Å². The van der Waals surface area contributed by atoms with E-state index in [0.29, 0.717) is 5.69 Å². The number of aryl methyl sites for hydroxylation is 2. The van der Waals surface area contributed by atoms with Gasteiger partial charge in [-0.1, -0.05) is 30.4 Å². The normalized spacial score (nSPS) is 28.9. The summed E-state index contributed by atoms with van der Waals surface area (Å²) in [7, 11) is 0. The van der Waals surface area contributed by atoms with Gasteiger partial charge in [0.15, 0.2) is 0 Å². The summed E-state index contributed by atoms with van der Waals surface area (Å²) in [4.78, 5) is 54.8. The number of esters is 1. The van der Waals surface area contributed by atoms with Gasteiger partial charge in [-0.2, -0.15) is 0 Å². The second-order valence-electron chi connectivity index (χ2n) is 10.1. The third kappa shape index (κ3) is 3.40. The molecule has 2 aromatic carbocycles. The number of hydrogen-bond donors (Lipinski definition) is 0. The van der Waals surface area contributed by atoms with Gasteiger partial charge in [0, 0.05) is 24.7 Å². The van der Waals surface area contributed by atoms with E-state index in [9.17, 15) is 19.2 Å². The molecule has 2 aliphatic carbocycles. The highest BCUT2D eigenvalue weighted by molar-refractivity contribution is 6.22. The Bertz CT molecular complexity index is 1280. The molecule has 2 aliphatic heterocycles. The summed E-state index contributed by atoms with van der Waals surface area (Å²) in [5.74, 6) is -1.62. The Morgan fingerprint density at radius 1 is 0.943 bits per heavy atom. The zero-order chi connectivity index (χ0) is 24.4. The van der Waals surface area contributed by atoms with Gasteiger partial charge in [-0.05, 0) is 61.4 Å². The van der Waals surface area contributed by atoms with Gasteiger partial charge >= 0.3 is 5.97 Å². The Balaban J connectivity index is 1.18. The van der Waals surface area contributed by atoms with Crippen LogP contribution in [0, 0.1) is 43.4 Å². The Hall–Kier alpha value is -3.74. The first-order valence-electron chi connectivity index (χ1n) is 12.1. The number of allylic oxidation sites excluding steroid dienone is 2. The minimum atomic E-state index is -0.595. The summed E-state index contributed by atoms with van der Waals surface area (Å²) < 4.78 is 5.62. The van der Waals surface area contributed by atoms with Crippen LogP contribution in [0.1, 0.15) is 24.0 Å². The van der Waals surface area contributed by atoms with E-state index in [1.54, 1.807) is 29.2 Å². The number of rotatable bonds is 4. The molecule has 3 fully saturated rings. The smallest absolute Gasteiger partial charge is 0.316 e. The fourth-order valence-electron chi connectivity index (χ4n) is 6.15. The molecule has 2 aromatic rings. The van der Waals surface area contributed by atoms with E-state index < -0.39 is 11.9 Å². The monoisotopic (exact) mass is 470 g/mol. The molecule has 0 spiro atoms. The number of carbonyl (C=O) groups is 4. The molecule has 178 valence electrons. The van der Waals surface area contributed by atoms with Gasteiger partial charge < -0.3 is 9.64 Å². The summed E-state index contributed by atoms with van der Waals surface area (Å²) in [5.41, 5.74) is 3.24. The number of hydrogen-bond acceptors (Lipinski definition) is 5. The lowest BCUT2D eigenvalue weighted by molar-refractivity contribution is -0.139. The second-order valence-corrected chi connectivity index (χ2v) is 10.1. The first-order chi connectivity index (χ1) is 16.8. The highest BCUT2D eigenvalue weighted by Crippen LogP contribution is 2.53. The maximum Gasteiger partial charge on any atom is 0.316 e. The Labute approximate surface area is 203 Å². The van der Waals surface area contributed by atoms with Gasteiger partial charge in [0.25, 0.3) is 0 Å². The molecule has 5 atom stereocenters. The van der Waals surface area contributed by atoms with Crippen LogP contribution in [0.4, 0.5) is 11.4 Å². The van der Waals surface area contributed by atoms with Crippen molar-refractivity contribution < 1.29 is 23.9 Å². The number of nitrogens with zero attached hydrogens (tertiary/aromatic N) is 2. The van der Waals surface area contributed by atoms with E-state index in [1.807, 2.05) is 32.0 Å². The van der Waals surface area contributed by atoms with Crippen molar-refractivity contribution in [3.63, 3.8) is 0 Å². The maximum atomic E-state index is 13.1. The highest BCUT2D eigenvalue weighted by atomic mass is 16.5. The van der Waals surface area contributed by atoms with Crippen molar-refractivity contribution in [3.8, 4) is 5.75 Å². The molecule has 2 saturated heterocycles. The van der Waals surface area contributed by atoms with Crippen molar-refractivity contribution in [2.24, 2.45) is 29.6 Å². The molecule has 0 N–H and O–H groups in total. The molecule has 3 amide bonds. The second kappa shape index (κ2) is 7.90. The van der Waals surface area contributed by atoms with E-state index in [1.165, 1.54) is 4.90 Å². The molecule has 1 saturated carbocycles. The molecular weight excluding hydrogens is 444 g/mol. The van der Waals surface area contributed by atoms with Crippen molar-refractivity contribution in [1.29, 1.82) is 0 Å². The van der Waals surface area contributed by atoms with E-state index in [4.69, 9.17) is 4.74 Å². The average Bonchev–Trinajstić information content (AvgIpc) is 3.59. The van der Waals surface area contributed by atoms with Crippen molar-refractivity contribution in [2.75, 3.05) is 16.3 Å². The lowest BCUT2D eigenvalue weighted by Crippen LogP contribution is -2.32. The molecule has 6 rings (SSSR count). The molecule has 7 heteroatoms. The summed E-state index contributed by atoms with van der Waals surface area (Å²) in [6.07, 6.45) is 5.07. The Morgan fingerprint density at radius 2 is 1.66 bits per heavy atom. The van der Waals surface area contributed by atoms with Crippen LogP contribution in [0.15, 0.2) is 54.6 Å². The minimum absolute atomic E-state index is 0.0775. The number of anilines is 2. The van der Waals surface area contributed by atoms with Gasteiger partial charge in [0.1, 0.15) is 5.75 Å². The van der Waals surface area contributed by atoms with Crippen LogP contribution in [0.25, 0.3) is 0 Å². The van der Waals surface area contributed by atoms with Crippen LogP contribution >= 0.6 is 0 Å². The van der Waals surface area contributed by atoms with Crippen molar-refractivity contribution in [1.82, 2.24) is 0 Å². The molecule has 4 aliphatic rings. The van der Waals surface area contributed by atoms with E-state index >= 15 is 0 Å². The van der Waals surface area contributed by atoms with Gasteiger partial charge in [0.05, 0.1) is 23.4 Å². The first kappa shape index (κ1) is 21.8. The van der Waals surface area contributed by atoms with Crippen LogP contribution in [-0.4, -0.2) is 30.2 Å². The number of ether oxygens (including phenoxy) is 1. The summed E-state index contributed by atoms with van der Waals surface area (Å²) >= 11 is 0. The molecule has 35 heavy (non-hydrogen) atoms. The lowest BCUT2D eigenvalue weighted by atomic mass is 9.85. The lowest BCUT2D eigenvalue weighted by Gasteiger charge is -2.20. The quantitative estimate of drug-likeness (QED) is 0.295. The number of fused-ring (bicyclic) bond motifs is 5. The van der Waals surface area contributed by atoms with Crippen LogP contribution in [0.5, 0.6) is 5.75 Å². The maximum absolute atomic E-state index is 13.1. The standard InChI is InChI=1S/C28H26N2O5/c1-15-6-7-16(2)22(10-15)29-14-19(12-23(29)31)28(34)35-21-5-3-4-20(13-21)30-26(32)24-17-8-9-18(11-17)25(24)27(30)33/h3-10,13,17-19,24-25H,11-12,14H2,1-2H3/t17-,18-,19+,24-,25-/m0/s1. The SMILES string of the molecule is Cc1ccc(C)c(N2C[C@H](C(=O)Oc3cccc(N4C(=O)[C@@H]5[C@@H](C4=O)[C@H]4C=C[C@H]5C4)c3)CC2=O)c1. The van der Waals surface area contributed by atoms with Gasteiger partial charge in [-0.25, -0.2) is 4.90 Å². The third-order valence-corrected chi connectivity index (χ3v) is 7.88. The van der Waals surface area contributed by atoms with Gasteiger partial charge in [-0.15, -0.1) is 0 Å². The Kier molecular flexibility index (Phi) is 4.91. The zero-order valence-corrected chi connectivity index (χ0v) is 19.6. The van der Waals surface area contributed by atoms with E-state index in [0.717, 1.165) is 23.2 Å². The molecule has 2 heterocycles. The summed E-state index contributed by atoms with van der Waals surface area (Å²) in [5, 5.41) is 0. The van der Waals surface area contributed by atoms with Gasteiger partial charge in [-0.3, -0.25) is 19.2 Å². The number of imide groups is 1. The van der Waals surface area contributed by atoms with Crippen LogP contribution in [0.3, 0.4) is 0 Å². The molecule has 0 radical (unpaired) electrons. The van der Waals surface area contributed by atoms with Crippen molar-refractivity contribution in [3.05, 3.63) is 65.7 Å². The first-order valence-corrected chi connectivity index (χ1v) is 12.1. The molecule has 7 nitrogen and oxygen atoms in total. The molecule has 0 aromatic heterocycles. The van der Waals surface area contributed by atoms with E-state index in [2.05, 4.69) is 12.2 Å². The average molecular weight is 471 g/mol. The predicted octanol–water partition coefficient (Wildman–Crippen LogP) is 3.57. The topological polar surface area (TPSA) is 84.0 Å². The Morgan fingerprint density at radius 3 is 2.37 bits per heavy atom. The van der Waals surface area contributed by atoms with Crippen molar-refractivity contribution in [2.45, 2.75) is 26.7 Å². The number of amides is 3. The van der Waals surface area contributed by atoms with Gasteiger partial charge in [0.2, 0.25) is 17.7 Å². The van der Waals surface area contributed by atoms with Crippen LogP contribution in [0.2, 0.25) is 0 Å². The number of benzene rings is 2. The summed E-state index contributed by atoms with van der Waals surface area (Å²) in [6, 6.07) is 12.4. The van der Waals surface area contributed by atoms with E-state index in [-0.39, 0.29) is 60.1 Å². The fourth-order valence-corrected chi connectivity index (χ4v) is 6.15. The van der Waals surface area contributed by atoms with Crippen LogP contribution in [-0.2, 0) is 19.2 Å². The predicted molar refractivity (Wildman–Crippen MR) is 129 cm³/mol. The fraction of sp³-hybridized carbons (Fsp3) is 0.357. The third-order valence-electron chi connectivity index (χ3n) is 7.88. The molecular formula is C28H26N2O5. The summed E-state index contributed by atoms with van der Waals surface area (Å²) in [6.45, 7) is 4.16.